The lowest BCUT2D eigenvalue weighted by Crippen LogP contribution is -2.30. The molecule has 3 rings (SSSR count). The molecule has 0 saturated heterocycles. The van der Waals surface area contributed by atoms with Crippen LogP contribution in [-0.4, -0.2) is 38.8 Å². The predicted octanol–water partition coefficient (Wildman–Crippen LogP) is 4.60. The van der Waals surface area contributed by atoms with Gasteiger partial charge in [0.15, 0.2) is 5.76 Å². The zero-order valence-corrected chi connectivity index (χ0v) is 19.3. The molecule has 0 bridgehead atoms. The summed E-state index contributed by atoms with van der Waals surface area (Å²) in [6.07, 6.45) is 0.882. The second-order valence-electron chi connectivity index (χ2n) is 7.15. The second kappa shape index (κ2) is 9.11. The van der Waals surface area contributed by atoms with Crippen molar-refractivity contribution < 1.29 is 22.4 Å². The first-order valence-corrected chi connectivity index (χ1v) is 11.7. The number of sulfonamides is 1. The van der Waals surface area contributed by atoms with Crippen molar-refractivity contribution in [2.45, 2.75) is 39.0 Å². The Morgan fingerprint density at radius 2 is 1.81 bits per heavy atom. The fourth-order valence-corrected chi connectivity index (χ4v) is 5.03. The first-order chi connectivity index (χ1) is 14.8. The maximum Gasteiger partial charge on any atom is 0.291 e. The Morgan fingerprint density at radius 1 is 1.10 bits per heavy atom. The molecule has 1 amide bonds. The molecule has 8 heteroatoms. The summed E-state index contributed by atoms with van der Waals surface area (Å²) in [5, 5.41) is 3.64. The molecule has 0 aliphatic rings. The summed E-state index contributed by atoms with van der Waals surface area (Å²) in [6, 6.07) is 10.3. The van der Waals surface area contributed by atoms with E-state index in [2.05, 4.69) is 12.2 Å². The quantitative estimate of drug-likeness (QED) is 0.549. The molecule has 0 radical (unpaired) electrons. The van der Waals surface area contributed by atoms with Gasteiger partial charge in [0, 0.05) is 24.0 Å². The fourth-order valence-electron chi connectivity index (χ4n) is 3.54. The monoisotopic (exact) mass is 444 g/mol. The molecule has 2 aromatic carbocycles. The Morgan fingerprint density at radius 3 is 2.42 bits per heavy atom. The van der Waals surface area contributed by atoms with E-state index in [4.69, 9.17) is 9.15 Å². The van der Waals surface area contributed by atoms with Gasteiger partial charge in [-0.3, -0.25) is 4.79 Å². The van der Waals surface area contributed by atoms with Gasteiger partial charge in [-0.05, 0) is 49.2 Å². The fraction of sp³-hybridized carbons (Fsp3) is 0.348. The van der Waals surface area contributed by atoms with E-state index in [9.17, 15) is 13.2 Å². The zero-order valence-electron chi connectivity index (χ0n) is 18.5. The number of rotatable bonds is 8. The van der Waals surface area contributed by atoms with Crippen LogP contribution in [0.1, 0.15) is 42.5 Å². The van der Waals surface area contributed by atoms with Crippen molar-refractivity contribution >= 4 is 32.6 Å². The Labute approximate surface area is 183 Å². The number of anilines is 1. The molecule has 1 heterocycles. The Kier molecular flexibility index (Phi) is 6.71. The highest BCUT2D eigenvalue weighted by Gasteiger charge is 2.24. The molecule has 1 N–H and O–H groups in total. The average molecular weight is 445 g/mol. The minimum Gasteiger partial charge on any atom is -0.495 e. The number of hydrogen-bond donors (Lipinski definition) is 1. The third-order valence-electron chi connectivity index (χ3n) is 5.38. The molecular formula is C23H28N2O5S. The van der Waals surface area contributed by atoms with Gasteiger partial charge in [-0.15, -0.1) is 0 Å². The number of methoxy groups -OCH3 is 1. The number of furan rings is 1. The number of carbonyl (C=O) groups excluding carboxylic acids is 1. The molecule has 0 aliphatic heterocycles. The summed E-state index contributed by atoms with van der Waals surface area (Å²) in [6.45, 7) is 8.16. The van der Waals surface area contributed by atoms with Gasteiger partial charge >= 0.3 is 0 Å². The van der Waals surface area contributed by atoms with Crippen LogP contribution in [-0.2, 0) is 16.4 Å². The van der Waals surface area contributed by atoms with Gasteiger partial charge in [-0.1, -0.05) is 26.8 Å². The highest BCUT2D eigenvalue weighted by atomic mass is 32.2. The van der Waals surface area contributed by atoms with Crippen molar-refractivity contribution in [3.8, 4) is 5.75 Å². The van der Waals surface area contributed by atoms with Crippen LogP contribution in [0.5, 0.6) is 5.75 Å². The van der Waals surface area contributed by atoms with E-state index in [0.717, 1.165) is 22.9 Å². The number of carbonyl (C=O) groups is 1. The lowest BCUT2D eigenvalue weighted by atomic mass is 10.1. The summed E-state index contributed by atoms with van der Waals surface area (Å²) in [5.41, 5.74) is 2.77. The van der Waals surface area contributed by atoms with Crippen LogP contribution in [0.3, 0.4) is 0 Å². The largest absolute Gasteiger partial charge is 0.495 e. The second-order valence-corrected chi connectivity index (χ2v) is 9.08. The van der Waals surface area contributed by atoms with Crippen LogP contribution < -0.4 is 10.1 Å². The third kappa shape index (κ3) is 4.31. The lowest BCUT2D eigenvalue weighted by Gasteiger charge is -2.19. The van der Waals surface area contributed by atoms with Gasteiger partial charge in [-0.25, -0.2) is 8.42 Å². The molecule has 166 valence electrons. The van der Waals surface area contributed by atoms with E-state index in [1.165, 1.54) is 29.6 Å². The topological polar surface area (TPSA) is 88.8 Å². The van der Waals surface area contributed by atoms with E-state index in [-0.39, 0.29) is 16.3 Å². The molecule has 3 aromatic rings. The number of benzene rings is 2. The molecule has 0 atom stereocenters. The molecule has 0 fully saturated rings. The van der Waals surface area contributed by atoms with Gasteiger partial charge < -0.3 is 14.5 Å². The van der Waals surface area contributed by atoms with Crippen LogP contribution in [0.25, 0.3) is 11.0 Å². The minimum atomic E-state index is -3.68. The number of ether oxygens (including phenoxy) is 1. The van der Waals surface area contributed by atoms with Crippen molar-refractivity contribution in [2.24, 2.45) is 0 Å². The van der Waals surface area contributed by atoms with E-state index >= 15 is 0 Å². The smallest absolute Gasteiger partial charge is 0.291 e. The van der Waals surface area contributed by atoms with Crippen molar-refractivity contribution in [1.29, 1.82) is 0 Å². The number of aryl methyl sites for hydroxylation is 2. The summed E-state index contributed by atoms with van der Waals surface area (Å²) in [4.78, 5) is 13.1. The van der Waals surface area contributed by atoms with Crippen LogP contribution in [0, 0.1) is 6.92 Å². The number of nitrogens with one attached hydrogen (secondary N) is 1. The van der Waals surface area contributed by atoms with E-state index in [1.54, 1.807) is 13.8 Å². The van der Waals surface area contributed by atoms with Crippen LogP contribution in [0.2, 0.25) is 0 Å². The molecule has 31 heavy (non-hydrogen) atoms. The first-order valence-electron chi connectivity index (χ1n) is 10.3. The van der Waals surface area contributed by atoms with Crippen molar-refractivity contribution in [3.05, 3.63) is 53.3 Å². The minimum absolute atomic E-state index is 0.0845. The highest BCUT2D eigenvalue weighted by Crippen LogP contribution is 2.31. The summed E-state index contributed by atoms with van der Waals surface area (Å²) < 4.78 is 38.3. The Hall–Kier alpha value is -2.84. The SMILES string of the molecule is CCc1ccc2oc(C(=O)Nc3cc(S(=O)(=O)N(CC)CC)ccc3OC)c(C)c2c1. The van der Waals surface area contributed by atoms with Crippen molar-refractivity contribution in [3.63, 3.8) is 0 Å². The van der Waals surface area contributed by atoms with E-state index in [1.807, 2.05) is 25.1 Å². The number of hydrogen-bond acceptors (Lipinski definition) is 5. The van der Waals surface area contributed by atoms with E-state index in [0.29, 0.717) is 24.4 Å². The summed E-state index contributed by atoms with van der Waals surface area (Å²) >= 11 is 0. The molecule has 0 saturated carbocycles. The van der Waals surface area contributed by atoms with Gasteiger partial charge in [0.1, 0.15) is 11.3 Å². The molecular weight excluding hydrogens is 416 g/mol. The van der Waals surface area contributed by atoms with Crippen LogP contribution in [0.15, 0.2) is 45.7 Å². The predicted molar refractivity (Wildman–Crippen MR) is 121 cm³/mol. The summed E-state index contributed by atoms with van der Waals surface area (Å²) in [5.74, 6) is 0.0682. The average Bonchev–Trinajstić information content (AvgIpc) is 3.10. The maximum absolute atomic E-state index is 13.0. The van der Waals surface area contributed by atoms with Gasteiger partial charge in [0.2, 0.25) is 10.0 Å². The highest BCUT2D eigenvalue weighted by molar-refractivity contribution is 7.89. The number of nitrogens with zero attached hydrogens (tertiary/aromatic N) is 1. The third-order valence-corrected chi connectivity index (χ3v) is 7.42. The molecule has 0 aliphatic carbocycles. The van der Waals surface area contributed by atoms with Gasteiger partial charge in [0.05, 0.1) is 17.7 Å². The normalized spacial score (nSPS) is 11.8. The van der Waals surface area contributed by atoms with E-state index < -0.39 is 15.9 Å². The van der Waals surface area contributed by atoms with Crippen LogP contribution in [0.4, 0.5) is 5.69 Å². The molecule has 7 nitrogen and oxygen atoms in total. The summed E-state index contributed by atoms with van der Waals surface area (Å²) in [7, 11) is -2.22. The van der Waals surface area contributed by atoms with Gasteiger partial charge in [-0.2, -0.15) is 4.31 Å². The van der Waals surface area contributed by atoms with Crippen molar-refractivity contribution in [2.75, 3.05) is 25.5 Å². The molecule has 0 unspecified atom stereocenters. The molecule has 0 spiro atoms. The van der Waals surface area contributed by atoms with Crippen LogP contribution >= 0.6 is 0 Å². The Bertz CT molecular complexity index is 1210. The standard InChI is InChI=1S/C23H28N2O5S/c1-6-16-9-11-20-18(13-16)15(4)22(30-20)23(26)24-19-14-17(10-12-21(19)29-5)31(27,28)25(7-2)8-3/h9-14H,6-8H2,1-5H3,(H,24,26). The lowest BCUT2D eigenvalue weighted by molar-refractivity contribution is 0.0997. The zero-order chi connectivity index (χ0) is 22.8. The Balaban J connectivity index is 1.99. The number of fused-ring (bicyclic) bond motifs is 1. The number of amides is 1. The maximum atomic E-state index is 13.0. The van der Waals surface area contributed by atoms with Crippen molar-refractivity contribution in [1.82, 2.24) is 4.31 Å². The molecule has 1 aromatic heterocycles. The first kappa shape index (κ1) is 22.8. The van der Waals surface area contributed by atoms with Gasteiger partial charge in [0.25, 0.3) is 5.91 Å².